The molecule has 2 unspecified atom stereocenters. The van der Waals surface area contributed by atoms with Crippen LogP contribution in [-0.4, -0.2) is 16.8 Å². The largest absolute Gasteiger partial charge is 0.327 e. The van der Waals surface area contributed by atoms with Gasteiger partial charge in [-0.25, -0.2) is 0 Å². The maximum Gasteiger partial charge on any atom is 0.0460 e. The normalized spacial score (nSPS) is 20.4. The van der Waals surface area contributed by atoms with Gasteiger partial charge in [-0.1, -0.05) is 18.9 Å². The van der Waals surface area contributed by atoms with E-state index in [1.165, 1.54) is 37.0 Å². The molecule has 1 heterocycles. The SMILES string of the molecule is CC(N)C(SCC1CCCC1)c1cccnc1. The highest BCUT2D eigenvalue weighted by atomic mass is 32.2. The molecule has 2 atom stereocenters. The van der Waals surface area contributed by atoms with Gasteiger partial charge in [-0.15, -0.1) is 0 Å². The fourth-order valence-corrected chi connectivity index (χ4v) is 3.96. The van der Waals surface area contributed by atoms with Crippen LogP contribution in [0.15, 0.2) is 24.5 Å². The van der Waals surface area contributed by atoms with E-state index in [1.54, 1.807) is 0 Å². The lowest BCUT2D eigenvalue weighted by Crippen LogP contribution is -2.23. The summed E-state index contributed by atoms with van der Waals surface area (Å²) in [5.74, 6) is 2.17. The lowest BCUT2D eigenvalue weighted by molar-refractivity contribution is 0.618. The third-order valence-corrected chi connectivity index (χ3v) is 5.20. The van der Waals surface area contributed by atoms with E-state index in [4.69, 9.17) is 5.73 Å². The fourth-order valence-electron chi connectivity index (χ4n) is 2.51. The number of pyridine rings is 1. The first-order chi connectivity index (χ1) is 8.27. The molecule has 0 aromatic carbocycles. The fraction of sp³-hybridized carbons (Fsp3) is 0.643. The van der Waals surface area contributed by atoms with Crippen LogP contribution in [0.4, 0.5) is 0 Å². The maximum atomic E-state index is 6.10. The van der Waals surface area contributed by atoms with Crippen LogP contribution in [0.25, 0.3) is 0 Å². The molecular weight excluding hydrogens is 228 g/mol. The second kappa shape index (κ2) is 6.41. The number of rotatable bonds is 5. The summed E-state index contributed by atoms with van der Waals surface area (Å²) in [4.78, 5) is 4.20. The third-order valence-electron chi connectivity index (χ3n) is 3.48. The highest BCUT2D eigenvalue weighted by Gasteiger charge is 2.21. The van der Waals surface area contributed by atoms with Crippen molar-refractivity contribution in [3.63, 3.8) is 0 Å². The standard InChI is InChI=1S/C14H22N2S/c1-11(15)14(13-7-4-8-16-9-13)17-10-12-5-2-3-6-12/h4,7-9,11-12,14H,2-3,5-6,10,15H2,1H3. The highest BCUT2D eigenvalue weighted by molar-refractivity contribution is 7.99. The second-order valence-corrected chi connectivity index (χ2v) is 6.22. The average Bonchev–Trinajstić information content (AvgIpc) is 2.83. The zero-order valence-corrected chi connectivity index (χ0v) is 11.3. The number of aromatic nitrogens is 1. The Labute approximate surface area is 108 Å². The predicted octanol–water partition coefficient (Wildman–Crippen LogP) is 3.39. The van der Waals surface area contributed by atoms with E-state index in [2.05, 4.69) is 18.0 Å². The average molecular weight is 250 g/mol. The molecule has 0 amide bonds. The topological polar surface area (TPSA) is 38.9 Å². The minimum atomic E-state index is 0.186. The molecular formula is C14H22N2S. The molecule has 1 fully saturated rings. The van der Waals surface area contributed by atoms with E-state index >= 15 is 0 Å². The van der Waals surface area contributed by atoms with E-state index in [9.17, 15) is 0 Å². The van der Waals surface area contributed by atoms with E-state index in [1.807, 2.05) is 30.2 Å². The van der Waals surface area contributed by atoms with E-state index in [-0.39, 0.29) is 6.04 Å². The van der Waals surface area contributed by atoms with Crippen LogP contribution in [0.5, 0.6) is 0 Å². The molecule has 1 aromatic heterocycles. The molecule has 3 heteroatoms. The molecule has 0 radical (unpaired) electrons. The molecule has 1 aromatic rings. The van der Waals surface area contributed by atoms with E-state index in [0.29, 0.717) is 5.25 Å². The Morgan fingerprint density at radius 3 is 2.82 bits per heavy atom. The summed E-state index contributed by atoms with van der Waals surface area (Å²) < 4.78 is 0. The minimum absolute atomic E-state index is 0.186. The Morgan fingerprint density at radius 1 is 1.47 bits per heavy atom. The maximum absolute atomic E-state index is 6.10. The van der Waals surface area contributed by atoms with Crippen LogP contribution < -0.4 is 5.73 Å². The molecule has 17 heavy (non-hydrogen) atoms. The zero-order chi connectivity index (χ0) is 12.1. The van der Waals surface area contributed by atoms with Gasteiger partial charge in [-0.3, -0.25) is 4.98 Å². The molecule has 0 aliphatic heterocycles. The van der Waals surface area contributed by atoms with E-state index < -0.39 is 0 Å². The summed E-state index contributed by atoms with van der Waals surface area (Å²) in [5, 5.41) is 0.393. The summed E-state index contributed by atoms with van der Waals surface area (Å²) in [5.41, 5.74) is 7.37. The van der Waals surface area contributed by atoms with Gasteiger partial charge in [-0.05, 0) is 43.1 Å². The van der Waals surface area contributed by atoms with Crippen molar-refractivity contribution in [1.82, 2.24) is 4.98 Å². The number of hydrogen-bond donors (Lipinski definition) is 1. The Balaban J connectivity index is 1.93. The third kappa shape index (κ3) is 3.71. The number of hydrogen-bond acceptors (Lipinski definition) is 3. The Bertz CT molecular complexity index is 320. The van der Waals surface area contributed by atoms with Gasteiger partial charge in [0.05, 0.1) is 0 Å². The monoisotopic (exact) mass is 250 g/mol. The molecule has 2 rings (SSSR count). The van der Waals surface area contributed by atoms with Crippen LogP contribution in [0.3, 0.4) is 0 Å². The first kappa shape index (κ1) is 12.9. The molecule has 2 N–H and O–H groups in total. The zero-order valence-electron chi connectivity index (χ0n) is 10.5. The van der Waals surface area contributed by atoms with Crippen LogP contribution in [0.2, 0.25) is 0 Å². The van der Waals surface area contributed by atoms with Gasteiger partial charge in [0, 0.05) is 23.7 Å². The molecule has 0 spiro atoms. The van der Waals surface area contributed by atoms with Crippen molar-refractivity contribution in [1.29, 1.82) is 0 Å². The lowest BCUT2D eigenvalue weighted by Gasteiger charge is -2.22. The Hall–Kier alpha value is -0.540. The van der Waals surface area contributed by atoms with Crippen LogP contribution >= 0.6 is 11.8 Å². The van der Waals surface area contributed by atoms with Gasteiger partial charge in [0.25, 0.3) is 0 Å². The van der Waals surface area contributed by atoms with Crippen LogP contribution in [0.1, 0.15) is 43.4 Å². The Morgan fingerprint density at radius 2 is 2.24 bits per heavy atom. The first-order valence-corrected chi connectivity index (χ1v) is 7.59. The number of nitrogens with two attached hydrogens (primary N) is 1. The number of thioether (sulfide) groups is 1. The first-order valence-electron chi connectivity index (χ1n) is 6.54. The summed E-state index contributed by atoms with van der Waals surface area (Å²) in [6.07, 6.45) is 9.43. The van der Waals surface area contributed by atoms with Gasteiger partial charge >= 0.3 is 0 Å². The molecule has 1 saturated carbocycles. The van der Waals surface area contributed by atoms with Crippen molar-refractivity contribution >= 4 is 11.8 Å². The summed E-state index contributed by atoms with van der Waals surface area (Å²) in [6.45, 7) is 2.10. The molecule has 1 aliphatic carbocycles. The van der Waals surface area contributed by atoms with Crippen molar-refractivity contribution < 1.29 is 0 Å². The summed E-state index contributed by atoms with van der Waals surface area (Å²) in [6, 6.07) is 4.33. The second-order valence-electron chi connectivity index (χ2n) is 5.05. The minimum Gasteiger partial charge on any atom is -0.327 e. The van der Waals surface area contributed by atoms with Gasteiger partial charge in [0.15, 0.2) is 0 Å². The highest BCUT2D eigenvalue weighted by Crippen LogP contribution is 2.36. The molecule has 94 valence electrons. The number of nitrogens with zero attached hydrogens (tertiary/aromatic N) is 1. The molecule has 2 nitrogen and oxygen atoms in total. The van der Waals surface area contributed by atoms with Crippen molar-refractivity contribution in [3.8, 4) is 0 Å². The summed E-state index contributed by atoms with van der Waals surface area (Å²) in [7, 11) is 0. The Kier molecular flexibility index (Phi) is 4.86. The van der Waals surface area contributed by atoms with Crippen LogP contribution in [-0.2, 0) is 0 Å². The molecule has 0 saturated heterocycles. The van der Waals surface area contributed by atoms with Crippen LogP contribution in [0, 0.1) is 5.92 Å². The quantitative estimate of drug-likeness (QED) is 0.870. The van der Waals surface area contributed by atoms with Crippen molar-refractivity contribution in [2.45, 2.75) is 43.9 Å². The summed E-state index contributed by atoms with van der Waals surface area (Å²) >= 11 is 2.01. The lowest BCUT2D eigenvalue weighted by atomic mass is 10.1. The van der Waals surface area contributed by atoms with Gasteiger partial charge in [0.1, 0.15) is 0 Å². The van der Waals surface area contributed by atoms with E-state index in [0.717, 1.165) is 5.92 Å². The molecule has 0 bridgehead atoms. The molecule has 1 aliphatic rings. The predicted molar refractivity (Wildman–Crippen MR) is 75.0 cm³/mol. The van der Waals surface area contributed by atoms with Gasteiger partial charge < -0.3 is 5.73 Å². The van der Waals surface area contributed by atoms with Crippen molar-refractivity contribution in [3.05, 3.63) is 30.1 Å². The van der Waals surface area contributed by atoms with Crippen molar-refractivity contribution in [2.24, 2.45) is 11.7 Å². The van der Waals surface area contributed by atoms with Gasteiger partial charge in [0.2, 0.25) is 0 Å². The van der Waals surface area contributed by atoms with Crippen molar-refractivity contribution in [2.75, 3.05) is 5.75 Å². The smallest absolute Gasteiger partial charge is 0.0460 e. The van der Waals surface area contributed by atoms with Gasteiger partial charge in [-0.2, -0.15) is 11.8 Å².